The highest BCUT2D eigenvalue weighted by Crippen LogP contribution is 2.02. The number of nitrogens with zero attached hydrogens (tertiary/aromatic N) is 4. The third kappa shape index (κ3) is 4.11. The minimum absolute atomic E-state index is 0.192. The lowest BCUT2D eigenvalue weighted by molar-refractivity contribution is 0.438. The van der Waals surface area contributed by atoms with Crippen LogP contribution in [0.3, 0.4) is 0 Å². The van der Waals surface area contributed by atoms with E-state index < -0.39 is 0 Å². The van der Waals surface area contributed by atoms with Gasteiger partial charge in [0.15, 0.2) is 5.11 Å². The van der Waals surface area contributed by atoms with Crippen molar-refractivity contribution in [3.63, 3.8) is 0 Å². The maximum atomic E-state index is 5.64. The largest absolute Gasteiger partial charge is 0.375 e. The van der Waals surface area contributed by atoms with Gasteiger partial charge in [-0.15, -0.1) is 0 Å². The lowest BCUT2D eigenvalue weighted by atomic mass is 10.3. The molecular formula is C13H13N5S. The van der Waals surface area contributed by atoms with Gasteiger partial charge in [-0.25, -0.2) is 5.01 Å². The van der Waals surface area contributed by atoms with Crippen LogP contribution in [-0.2, 0) is 6.54 Å². The maximum absolute atomic E-state index is 5.64. The Labute approximate surface area is 116 Å². The Morgan fingerprint density at radius 1 is 1.21 bits per heavy atom. The van der Waals surface area contributed by atoms with Crippen LogP contribution in [0.25, 0.3) is 0 Å². The van der Waals surface area contributed by atoms with Gasteiger partial charge in [0.1, 0.15) is 0 Å². The number of nitrogens with two attached hydrogens (primary N) is 1. The Hall–Kier alpha value is -2.34. The van der Waals surface area contributed by atoms with Crippen molar-refractivity contribution in [3.8, 4) is 0 Å². The van der Waals surface area contributed by atoms with Crippen molar-refractivity contribution in [2.24, 2.45) is 10.8 Å². The third-order valence-electron chi connectivity index (χ3n) is 2.31. The van der Waals surface area contributed by atoms with Gasteiger partial charge in [0, 0.05) is 12.4 Å². The van der Waals surface area contributed by atoms with E-state index in [0.29, 0.717) is 6.54 Å². The van der Waals surface area contributed by atoms with Crippen molar-refractivity contribution in [2.45, 2.75) is 6.54 Å². The van der Waals surface area contributed by atoms with Crippen molar-refractivity contribution in [1.29, 1.82) is 0 Å². The fraction of sp³-hybridized carbons (Fsp3) is 0.0769. The molecule has 0 aliphatic rings. The molecule has 0 radical (unpaired) electrons. The van der Waals surface area contributed by atoms with Crippen molar-refractivity contribution < 1.29 is 0 Å². The summed E-state index contributed by atoms with van der Waals surface area (Å²) in [7, 11) is 0. The van der Waals surface area contributed by atoms with E-state index in [1.165, 1.54) is 5.01 Å². The lowest BCUT2D eigenvalue weighted by Gasteiger charge is -2.15. The van der Waals surface area contributed by atoms with Crippen LogP contribution in [0.2, 0.25) is 0 Å². The molecule has 0 atom stereocenters. The molecule has 0 bridgehead atoms. The highest BCUT2D eigenvalue weighted by molar-refractivity contribution is 7.80. The first-order valence-corrected chi connectivity index (χ1v) is 6.08. The standard InChI is InChI=1S/C13H13N5S/c14-13(19)18(10-12-6-2-4-8-16-12)17-9-11-5-1-3-7-15-11/h1-9H,10H2,(H2,14,19)/b17-9+. The molecule has 5 nitrogen and oxygen atoms in total. The molecule has 2 aromatic heterocycles. The van der Waals surface area contributed by atoms with Gasteiger partial charge in [-0.3, -0.25) is 9.97 Å². The molecule has 2 N–H and O–H groups in total. The van der Waals surface area contributed by atoms with E-state index in [4.69, 9.17) is 18.0 Å². The summed E-state index contributed by atoms with van der Waals surface area (Å²) in [5.41, 5.74) is 7.23. The van der Waals surface area contributed by atoms with E-state index in [0.717, 1.165) is 11.4 Å². The van der Waals surface area contributed by atoms with E-state index in [2.05, 4.69) is 15.1 Å². The summed E-state index contributed by atoms with van der Waals surface area (Å²) < 4.78 is 0. The van der Waals surface area contributed by atoms with Gasteiger partial charge >= 0.3 is 0 Å². The number of hydrogen-bond donors (Lipinski definition) is 1. The van der Waals surface area contributed by atoms with Gasteiger partial charge in [-0.2, -0.15) is 5.10 Å². The van der Waals surface area contributed by atoms with Gasteiger partial charge in [0.05, 0.1) is 24.1 Å². The van der Waals surface area contributed by atoms with Crippen LogP contribution in [0.1, 0.15) is 11.4 Å². The summed E-state index contributed by atoms with van der Waals surface area (Å²) in [6.45, 7) is 0.430. The minimum Gasteiger partial charge on any atom is -0.375 e. The van der Waals surface area contributed by atoms with Crippen LogP contribution >= 0.6 is 12.2 Å². The topological polar surface area (TPSA) is 67.4 Å². The fourth-order valence-electron chi connectivity index (χ4n) is 1.40. The van der Waals surface area contributed by atoms with E-state index in [1.54, 1.807) is 18.6 Å². The second kappa shape index (κ2) is 6.55. The van der Waals surface area contributed by atoms with Gasteiger partial charge in [0.25, 0.3) is 0 Å². The smallest absolute Gasteiger partial charge is 0.187 e. The van der Waals surface area contributed by atoms with Crippen LogP contribution in [0.5, 0.6) is 0 Å². The van der Waals surface area contributed by atoms with E-state index in [-0.39, 0.29) is 5.11 Å². The molecule has 0 aliphatic carbocycles. The second-order valence-electron chi connectivity index (χ2n) is 3.72. The molecule has 0 unspecified atom stereocenters. The normalized spacial score (nSPS) is 10.5. The predicted molar refractivity (Wildman–Crippen MR) is 78.4 cm³/mol. The molecule has 0 aromatic carbocycles. The van der Waals surface area contributed by atoms with Gasteiger partial charge in [-0.1, -0.05) is 12.1 Å². The molecular weight excluding hydrogens is 258 g/mol. The fourth-order valence-corrected chi connectivity index (χ4v) is 1.51. The number of thiocarbonyl (C=S) groups is 1. The molecule has 96 valence electrons. The van der Waals surface area contributed by atoms with Crippen LogP contribution in [0.15, 0.2) is 53.9 Å². The van der Waals surface area contributed by atoms with E-state index in [1.807, 2.05) is 36.4 Å². The summed E-state index contributed by atoms with van der Waals surface area (Å²) in [6.07, 6.45) is 5.03. The van der Waals surface area contributed by atoms with Crippen molar-refractivity contribution >= 4 is 23.5 Å². The average Bonchev–Trinajstić information content (AvgIpc) is 2.45. The number of hydrazone groups is 1. The molecule has 0 aliphatic heterocycles. The summed E-state index contributed by atoms with van der Waals surface area (Å²) in [6, 6.07) is 11.2. The summed E-state index contributed by atoms with van der Waals surface area (Å²) in [4.78, 5) is 8.35. The Kier molecular flexibility index (Phi) is 4.52. The summed E-state index contributed by atoms with van der Waals surface area (Å²) in [5.74, 6) is 0. The van der Waals surface area contributed by atoms with Crippen LogP contribution in [0, 0.1) is 0 Å². The first-order valence-electron chi connectivity index (χ1n) is 5.67. The zero-order chi connectivity index (χ0) is 13.5. The van der Waals surface area contributed by atoms with Gasteiger partial charge in [0.2, 0.25) is 0 Å². The van der Waals surface area contributed by atoms with Crippen molar-refractivity contribution in [3.05, 3.63) is 60.2 Å². The molecule has 2 rings (SSSR count). The van der Waals surface area contributed by atoms with Crippen LogP contribution in [0.4, 0.5) is 0 Å². The molecule has 6 heteroatoms. The summed E-state index contributed by atoms with van der Waals surface area (Å²) >= 11 is 4.97. The van der Waals surface area contributed by atoms with Crippen molar-refractivity contribution in [2.75, 3.05) is 0 Å². The maximum Gasteiger partial charge on any atom is 0.187 e. The van der Waals surface area contributed by atoms with Crippen molar-refractivity contribution in [1.82, 2.24) is 15.0 Å². The molecule has 0 amide bonds. The zero-order valence-electron chi connectivity index (χ0n) is 10.2. The monoisotopic (exact) mass is 271 g/mol. The average molecular weight is 271 g/mol. The zero-order valence-corrected chi connectivity index (χ0v) is 11.0. The number of pyridine rings is 2. The molecule has 0 saturated carbocycles. The molecule has 2 aromatic rings. The van der Waals surface area contributed by atoms with Crippen LogP contribution < -0.4 is 5.73 Å². The molecule has 0 saturated heterocycles. The lowest BCUT2D eigenvalue weighted by Crippen LogP contribution is -2.31. The van der Waals surface area contributed by atoms with Gasteiger partial charge < -0.3 is 5.73 Å². The Morgan fingerprint density at radius 3 is 2.53 bits per heavy atom. The minimum atomic E-state index is 0.192. The molecule has 19 heavy (non-hydrogen) atoms. The van der Waals surface area contributed by atoms with E-state index >= 15 is 0 Å². The summed E-state index contributed by atoms with van der Waals surface area (Å²) in [5, 5.41) is 5.93. The SMILES string of the molecule is NC(=S)N(Cc1ccccn1)/N=C/c1ccccn1. The Morgan fingerprint density at radius 2 is 1.95 bits per heavy atom. The molecule has 2 heterocycles. The van der Waals surface area contributed by atoms with E-state index in [9.17, 15) is 0 Å². The molecule has 0 fully saturated rings. The second-order valence-corrected chi connectivity index (χ2v) is 4.13. The third-order valence-corrected chi connectivity index (χ3v) is 2.52. The van der Waals surface area contributed by atoms with Gasteiger partial charge in [-0.05, 0) is 36.5 Å². The highest BCUT2D eigenvalue weighted by Gasteiger charge is 2.05. The first-order chi connectivity index (χ1) is 9.25. The molecule has 0 spiro atoms. The Bertz CT molecular complexity index is 556. The highest BCUT2D eigenvalue weighted by atomic mass is 32.1. The number of aromatic nitrogens is 2. The quantitative estimate of drug-likeness (QED) is 0.519. The predicted octanol–water partition coefficient (Wildman–Crippen LogP) is 1.56. The number of hydrogen-bond acceptors (Lipinski definition) is 4. The number of rotatable bonds is 4. The van der Waals surface area contributed by atoms with Crippen LogP contribution in [-0.4, -0.2) is 26.3 Å². The first kappa shape index (κ1) is 13.1. The Balaban J connectivity index is 2.09.